The van der Waals surface area contributed by atoms with Crippen molar-refractivity contribution in [2.75, 3.05) is 30.9 Å². The van der Waals surface area contributed by atoms with Gasteiger partial charge < -0.3 is 25.4 Å². The number of anilines is 3. The molecular weight excluding hydrogens is 555 g/mol. The third kappa shape index (κ3) is 7.27. The zero-order valence-corrected chi connectivity index (χ0v) is 24.1. The lowest BCUT2D eigenvalue weighted by molar-refractivity contribution is -0.140. The monoisotopic (exact) mass is 589 g/mol. The molecule has 43 heavy (non-hydrogen) atoms. The van der Waals surface area contributed by atoms with Gasteiger partial charge in [-0.15, -0.1) is 0 Å². The van der Waals surface area contributed by atoms with E-state index in [-0.39, 0.29) is 24.0 Å². The zero-order chi connectivity index (χ0) is 30.6. The molecule has 8 nitrogen and oxygen atoms in total. The van der Waals surface area contributed by atoms with Crippen molar-refractivity contribution in [2.24, 2.45) is 5.73 Å². The number of alkyl halides is 3. The maximum Gasteiger partial charge on any atom is 0.406 e. The molecular formula is C32H34F3N7O. The predicted octanol–water partition coefficient (Wildman–Crippen LogP) is 5.57. The Morgan fingerprint density at radius 1 is 1.07 bits per heavy atom. The van der Waals surface area contributed by atoms with Crippen LogP contribution in [0.3, 0.4) is 0 Å². The SMILES string of the molecule is CN(C)C1CCC(Nc2cccc3c2cc(C#CCN(c2cccnc2)c2ccc(C(N)=O)nc2)n3CC(F)(F)F)CC1. The summed E-state index contributed by atoms with van der Waals surface area (Å²) in [6.45, 7) is -1.01. The van der Waals surface area contributed by atoms with E-state index in [1.165, 1.54) is 16.8 Å². The minimum atomic E-state index is -4.42. The summed E-state index contributed by atoms with van der Waals surface area (Å²) in [5.41, 5.74) is 8.33. The second-order valence-corrected chi connectivity index (χ2v) is 10.9. The van der Waals surface area contributed by atoms with E-state index in [0.29, 0.717) is 28.3 Å². The first-order valence-electron chi connectivity index (χ1n) is 14.1. The van der Waals surface area contributed by atoms with Crippen molar-refractivity contribution in [3.63, 3.8) is 0 Å². The Bertz CT molecular complexity index is 1610. The highest BCUT2D eigenvalue weighted by molar-refractivity contribution is 5.94. The Labute approximate surface area is 248 Å². The molecule has 0 atom stereocenters. The molecule has 0 unspecified atom stereocenters. The number of nitrogens with one attached hydrogen (secondary N) is 1. The minimum Gasteiger partial charge on any atom is -0.382 e. The summed E-state index contributed by atoms with van der Waals surface area (Å²) >= 11 is 0. The van der Waals surface area contributed by atoms with Crippen molar-refractivity contribution in [3.8, 4) is 11.8 Å². The van der Waals surface area contributed by atoms with Gasteiger partial charge in [-0.1, -0.05) is 12.0 Å². The molecule has 1 fully saturated rings. The van der Waals surface area contributed by atoms with Gasteiger partial charge in [0, 0.05) is 29.4 Å². The van der Waals surface area contributed by atoms with Gasteiger partial charge in [0.15, 0.2) is 0 Å². The number of pyridine rings is 2. The Hall–Kier alpha value is -4.56. The predicted molar refractivity (Wildman–Crippen MR) is 162 cm³/mol. The van der Waals surface area contributed by atoms with Gasteiger partial charge in [-0.05, 0) is 88.2 Å². The third-order valence-corrected chi connectivity index (χ3v) is 7.79. The normalized spacial score (nSPS) is 17.0. The molecule has 224 valence electrons. The summed E-state index contributed by atoms with van der Waals surface area (Å²) in [4.78, 5) is 23.8. The Morgan fingerprint density at radius 3 is 2.47 bits per heavy atom. The standard InChI is InChI=1S/C32H34F3N7O/c1-40(2)23-12-10-22(11-13-23)39-28-8-3-9-30-27(28)18-24(42(30)21-32(33,34)35)7-5-17-41(25-6-4-16-37-19-25)26-14-15-29(31(36)43)38-20-26/h3-4,6,8-9,14-16,18-20,22-23,39H,10-13,17,21H2,1-2H3,(H2,36,43). The number of nitrogens with two attached hydrogens (primary N) is 1. The fourth-order valence-corrected chi connectivity index (χ4v) is 5.57. The molecule has 3 N–H and O–H groups in total. The number of fused-ring (bicyclic) bond motifs is 1. The van der Waals surface area contributed by atoms with Crippen molar-refractivity contribution in [2.45, 2.75) is 50.5 Å². The van der Waals surface area contributed by atoms with Crippen molar-refractivity contribution >= 4 is 33.9 Å². The number of hydrogen-bond acceptors (Lipinski definition) is 6. The minimum absolute atomic E-state index is 0.118. The molecule has 3 aromatic heterocycles. The molecule has 0 radical (unpaired) electrons. The van der Waals surface area contributed by atoms with Crippen molar-refractivity contribution in [3.05, 3.63) is 78.5 Å². The first kappa shape index (κ1) is 29.9. The maximum absolute atomic E-state index is 13.7. The molecule has 1 aliphatic carbocycles. The van der Waals surface area contributed by atoms with Gasteiger partial charge in [0.05, 0.1) is 41.5 Å². The summed E-state index contributed by atoms with van der Waals surface area (Å²) in [7, 11) is 4.19. The van der Waals surface area contributed by atoms with E-state index in [0.717, 1.165) is 31.4 Å². The van der Waals surface area contributed by atoms with Gasteiger partial charge in [-0.25, -0.2) is 4.98 Å². The first-order valence-corrected chi connectivity index (χ1v) is 14.1. The zero-order valence-electron chi connectivity index (χ0n) is 24.1. The quantitative estimate of drug-likeness (QED) is 0.261. The fourth-order valence-electron chi connectivity index (χ4n) is 5.57. The van der Waals surface area contributed by atoms with Crippen LogP contribution in [-0.2, 0) is 6.54 Å². The number of aromatic nitrogens is 3. The van der Waals surface area contributed by atoms with E-state index in [1.54, 1.807) is 42.7 Å². The highest BCUT2D eigenvalue weighted by atomic mass is 19.4. The van der Waals surface area contributed by atoms with Crippen LogP contribution in [0, 0.1) is 11.8 Å². The molecule has 1 saturated carbocycles. The van der Waals surface area contributed by atoms with Gasteiger partial charge in [-0.3, -0.25) is 9.78 Å². The number of carbonyl (C=O) groups excluding carboxylic acids is 1. The van der Waals surface area contributed by atoms with Gasteiger partial charge in [0.1, 0.15) is 12.2 Å². The van der Waals surface area contributed by atoms with Crippen LogP contribution in [0.5, 0.6) is 0 Å². The van der Waals surface area contributed by atoms with Crippen LogP contribution < -0.4 is 16.0 Å². The Kier molecular flexibility index (Phi) is 8.87. The van der Waals surface area contributed by atoms with Crippen LogP contribution in [0.1, 0.15) is 41.9 Å². The third-order valence-electron chi connectivity index (χ3n) is 7.79. The lowest BCUT2D eigenvalue weighted by atomic mass is 9.90. The second-order valence-electron chi connectivity index (χ2n) is 10.9. The highest BCUT2D eigenvalue weighted by Crippen LogP contribution is 2.32. The molecule has 3 heterocycles. The molecule has 0 aliphatic heterocycles. The largest absolute Gasteiger partial charge is 0.406 e. The number of halogens is 3. The first-order chi connectivity index (χ1) is 20.6. The highest BCUT2D eigenvalue weighted by Gasteiger charge is 2.30. The number of benzene rings is 1. The van der Waals surface area contributed by atoms with Gasteiger partial charge in [-0.2, -0.15) is 13.2 Å². The van der Waals surface area contributed by atoms with Crippen molar-refractivity contribution in [1.82, 2.24) is 19.4 Å². The van der Waals surface area contributed by atoms with E-state index in [2.05, 4.69) is 46.1 Å². The molecule has 0 saturated heterocycles. The van der Waals surface area contributed by atoms with E-state index in [1.807, 2.05) is 17.0 Å². The second kappa shape index (κ2) is 12.8. The van der Waals surface area contributed by atoms with Gasteiger partial charge in [0.25, 0.3) is 5.91 Å². The average molecular weight is 590 g/mol. The van der Waals surface area contributed by atoms with E-state index in [9.17, 15) is 18.0 Å². The van der Waals surface area contributed by atoms with Crippen molar-refractivity contribution < 1.29 is 18.0 Å². The van der Waals surface area contributed by atoms with Gasteiger partial charge >= 0.3 is 6.18 Å². The number of amides is 1. The number of carbonyl (C=O) groups is 1. The molecule has 0 bridgehead atoms. The van der Waals surface area contributed by atoms with E-state index in [4.69, 9.17) is 5.73 Å². The summed E-state index contributed by atoms with van der Waals surface area (Å²) in [5.74, 6) is 5.41. The average Bonchev–Trinajstić information content (AvgIpc) is 3.32. The summed E-state index contributed by atoms with van der Waals surface area (Å²) in [5, 5.41) is 4.31. The number of hydrogen-bond donors (Lipinski definition) is 2. The molecule has 5 rings (SSSR count). The van der Waals surface area contributed by atoms with Crippen LogP contribution in [0.2, 0.25) is 0 Å². The smallest absolute Gasteiger partial charge is 0.382 e. The number of rotatable bonds is 8. The maximum atomic E-state index is 13.7. The Balaban J connectivity index is 1.46. The lowest BCUT2D eigenvalue weighted by Gasteiger charge is -2.33. The van der Waals surface area contributed by atoms with Gasteiger partial charge in [0.2, 0.25) is 0 Å². The topological polar surface area (TPSA) is 92.3 Å². The molecule has 11 heteroatoms. The van der Waals surface area contributed by atoms with Crippen LogP contribution in [-0.4, -0.2) is 64.2 Å². The molecule has 0 spiro atoms. The van der Waals surface area contributed by atoms with Crippen LogP contribution >= 0.6 is 0 Å². The van der Waals surface area contributed by atoms with E-state index >= 15 is 0 Å². The van der Waals surface area contributed by atoms with Crippen molar-refractivity contribution in [1.29, 1.82) is 0 Å². The summed E-state index contributed by atoms with van der Waals surface area (Å²) in [6, 6.07) is 14.7. The van der Waals surface area contributed by atoms with Crippen LogP contribution in [0.25, 0.3) is 10.9 Å². The molecule has 1 aliphatic rings. The summed E-state index contributed by atoms with van der Waals surface area (Å²) in [6.07, 6.45) is 4.49. The molecule has 1 amide bonds. The van der Waals surface area contributed by atoms with Crippen LogP contribution in [0.15, 0.2) is 67.1 Å². The van der Waals surface area contributed by atoms with E-state index < -0.39 is 18.6 Å². The number of nitrogens with zero attached hydrogens (tertiary/aromatic N) is 5. The lowest BCUT2D eigenvalue weighted by Crippen LogP contribution is -2.36. The molecule has 1 aromatic carbocycles. The summed E-state index contributed by atoms with van der Waals surface area (Å²) < 4.78 is 42.5. The van der Waals surface area contributed by atoms with Crippen LogP contribution in [0.4, 0.5) is 30.2 Å². The fraction of sp³-hybridized carbons (Fsp3) is 0.344. The number of primary amides is 1. The Morgan fingerprint density at radius 2 is 1.84 bits per heavy atom. The molecule has 4 aromatic rings.